The molecular weight excluding hydrogens is 384 g/mol. The summed E-state index contributed by atoms with van der Waals surface area (Å²) >= 11 is 0. The van der Waals surface area contributed by atoms with Gasteiger partial charge < -0.3 is 19.2 Å². The van der Waals surface area contributed by atoms with Crippen LogP contribution < -0.4 is 10.1 Å². The standard InChI is InChI=1S/C19H22N2O6S/c1-13-8-16-17(27-12-19(22)20-16)9-18(13)28(23,24)21(10-14-4-2-6-25-14)11-15-5-3-7-26-15/h2,4,6,8-9,15H,3,5,7,10-12H2,1H3,(H,20,22). The lowest BCUT2D eigenvalue weighted by Crippen LogP contribution is -2.37. The van der Waals surface area contributed by atoms with Gasteiger partial charge in [0, 0.05) is 19.2 Å². The number of amides is 1. The Morgan fingerprint density at radius 3 is 2.89 bits per heavy atom. The average molecular weight is 406 g/mol. The van der Waals surface area contributed by atoms with E-state index >= 15 is 0 Å². The van der Waals surface area contributed by atoms with Crippen LogP contribution in [0.5, 0.6) is 5.75 Å². The normalized spacial score (nSPS) is 19.4. The Kier molecular flexibility index (Phi) is 5.13. The van der Waals surface area contributed by atoms with Crippen LogP contribution in [0.25, 0.3) is 0 Å². The van der Waals surface area contributed by atoms with E-state index in [4.69, 9.17) is 13.9 Å². The molecule has 4 rings (SSSR count). The average Bonchev–Trinajstić information content (AvgIpc) is 3.34. The highest BCUT2D eigenvalue weighted by molar-refractivity contribution is 7.89. The van der Waals surface area contributed by atoms with Crippen molar-refractivity contribution in [2.24, 2.45) is 0 Å². The van der Waals surface area contributed by atoms with Crippen molar-refractivity contribution in [2.75, 3.05) is 25.1 Å². The molecule has 1 N–H and O–H groups in total. The van der Waals surface area contributed by atoms with Gasteiger partial charge in [-0.2, -0.15) is 4.31 Å². The molecule has 1 unspecified atom stereocenters. The second-order valence-corrected chi connectivity index (χ2v) is 8.87. The van der Waals surface area contributed by atoms with Crippen LogP contribution in [0.3, 0.4) is 0 Å². The van der Waals surface area contributed by atoms with Crippen LogP contribution >= 0.6 is 0 Å². The molecule has 1 saturated heterocycles. The van der Waals surface area contributed by atoms with Crippen molar-refractivity contribution in [1.82, 2.24) is 4.31 Å². The summed E-state index contributed by atoms with van der Waals surface area (Å²) in [6, 6.07) is 6.57. The molecule has 1 fully saturated rings. The van der Waals surface area contributed by atoms with Gasteiger partial charge >= 0.3 is 0 Å². The predicted octanol–water partition coefficient (Wildman–Crippen LogP) is 2.29. The molecule has 150 valence electrons. The smallest absolute Gasteiger partial charge is 0.262 e. The number of benzene rings is 1. The number of rotatable bonds is 6. The molecular formula is C19H22N2O6S. The van der Waals surface area contributed by atoms with Crippen LogP contribution in [0.15, 0.2) is 39.8 Å². The second kappa shape index (κ2) is 7.57. The maximum absolute atomic E-state index is 13.5. The van der Waals surface area contributed by atoms with E-state index in [1.165, 1.54) is 16.6 Å². The van der Waals surface area contributed by atoms with Gasteiger partial charge in [0.2, 0.25) is 10.0 Å². The van der Waals surface area contributed by atoms with Gasteiger partial charge in [0.25, 0.3) is 5.91 Å². The third-order valence-corrected chi connectivity index (χ3v) is 6.83. The lowest BCUT2D eigenvalue weighted by Gasteiger charge is -2.26. The van der Waals surface area contributed by atoms with Crippen molar-refractivity contribution >= 4 is 21.6 Å². The van der Waals surface area contributed by atoms with Crippen molar-refractivity contribution in [3.8, 4) is 5.75 Å². The van der Waals surface area contributed by atoms with Gasteiger partial charge in [-0.05, 0) is 43.5 Å². The lowest BCUT2D eigenvalue weighted by molar-refractivity contribution is -0.118. The van der Waals surface area contributed by atoms with Crippen molar-refractivity contribution in [3.63, 3.8) is 0 Å². The second-order valence-electron chi connectivity index (χ2n) is 6.96. The number of fused-ring (bicyclic) bond motifs is 1. The molecule has 2 aliphatic heterocycles. The summed E-state index contributed by atoms with van der Waals surface area (Å²) in [4.78, 5) is 11.7. The molecule has 3 heterocycles. The topological polar surface area (TPSA) is 98.1 Å². The number of nitrogens with zero attached hydrogens (tertiary/aromatic N) is 1. The van der Waals surface area contributed by atoms with Gasteiger partial charge in [-0.25, -0.2) is 8.42 Å². The number of carbonyl (C=O) groups is 1. The van der Waals surface area contributed by atoms with Crippen LogP contribution in [0.4, 0.5) is 5.69 Å². The molecule has 2 aliphatic rings. The summed E-state index contributed by atoms with van der Waals surface area (Å²) in [6.45, 7) is 2.57. The molecule has 9 heteroatoms. The molecule has 2 aromatic rings. The number of sulfonamides is 1. The fourth-order valence-corrected chi connectivity index (χ4v) is 5.13. The highest BCUT2D eigenvalue weighted by atomic mass is 32.2. The number of aryl methyl sites for hydroxylation is 1. The van der Waals surface area contributed by atoms with Crippen LogP contribution in [0, 0.1) is 6.92 Å². The van der Waals surface area contributed by atoms with E-state index in [2.05, 4.69) is 5.32 Å². The number of furan rings is 1. The third kappa shape index (κ3) is 3.78. The molecule has 28 heavy (non-hydrogen) atoms. The molecule has 1 aromatic carbocycles. The van der Waals surface area contributed by atoms with Gasteiger partial charge in [0.15, 0.2) is 6.61 Å². The van der Waals surface area contributed by atoms with Crippen molar-refractivity contribution in [3.05, 3.63) is 41.9 Å². The zero-order valence-electron chi connectivity index (χ0n) is 15.5. The first-order valence-corrected chi connectivity index (χ1v) is 10.6. The van der Waals surface area contributed by atoms with Crippen LogP contribution in [0.2, 0.25) is 0 Å². The quantitative estimate of drug-likeness (QED) is 0.790. The fourth-order valence-electron chi connectivity index (χ4n) is 3.47. The van der Waals surface area contributed by atoms with Crippen LogP contribution in [-0.2, 0) is 26.1 Å². The van der Waals surface area contributed by atoms with Crippen molar-refractivity contribution in [2.45, 2.75) is 37.3 Å². The minimum absolute atomic E-state index is 0.114. The van der Waals surface area contributed by atoms with E-state index < -0.39 is 10.0 Å². The third-order valence-electron chi connectivity index (χ3n) is 4.87. The largest absolute Gasteiger partial charge is 0.482 e. The van der Waals surface area contributed by atoms with Gasteiger partial charge in [0.05, 0.1) is 29.5 Å². The maximum atomic E-state index is 13.5. The molecule has 0 saturated carbocycles. The van der Waals surface area contributed by atoms with E-state index in [1.807, 2.05) is 0 Å². The summed E-state index contributed by atoms with van der Waals surface area (Å²) in [5.41, 5.74) is 1.01. The van der Waals surface area contributed by atoms with Gasteiger partial charge in [-0.3, -0.25) is 4.79 Å². The molecule has 1 amide bonds. The predicted molar refractivity (Wildman–Crippen MR) is 101 cm³/mol. The molecule has 0 spiro atoms. The van der Waals surface area contributed by atoms with Gasteiger partial charge in [0.1, 0.15) is 11.5 Å². The number of anilines is 1. The highest BCUT2D eigenvalue weighted by Gasteiger charge is 2.32. The van der Waals surface area contributed by atoms with E-state index in [0.717, 1.165) is 12.8 Å². The molecule has 0 aliphatic carbocycles. The van der Waals surface area contributed by atoms with Crippen LogP contribution in [0.1, 0.15) is 24.2 Å². The van der Waals surface area contributed by atoms with Crippen molar-refractivity contribution < 1.29 is 27.1 Å². The number of ether oxygens (including phenoxy) is 2. The summed E-state index contributed by atoms with van der Waals surface area (Å²) in [7, 11) is -3.84. The molecule has 1 aromatic heterocycles. The number of hydrogen-bond donors (Lipinski definition) is 1. The van der Waals surface area contributed by atoms with Gasteiger partial charge in [-0.15, -0.1) is 0 Å². The van der Waals surface area contributed by atoms with E-state index in [0.29, 0.717) is 29.4 Å². The maximum Gasteiger partial charge on any atom is 0.262 e. The summed E-state index contributed by atoms with van der Waals surface area (Å²) in [5, 5.41) is 2.70. The zero-order valence-corrected chi connectivity index (χ0v) is 16.3. The molecule has 0 radical (unpaired) electrons. The molecule has 1 atom stereocenters. The molecule has 8 nitrogen and oxygen atoms in total. The lowest BCUT2D eigenvalue weighted by atomic mass is 10.2. The Labute approximate surface area is 163 Å². The first kappa shape index (κ1) is 19.0. The monoisotopic (exact) mass is 406 g/mol. The Bertz CT molecular complexity index is 965. The van der Waals surface area contributed by atoms with Crippen molar-refractivity contribution in [1.29, 1.82) is 0 Å². The van der Waals surface area contributed by atoms with E-state index in [9.17, 15) is 13.2 Å². The summed E-state index contributed by atoms with van der Waals surface area (Å²) in [5.74, 6) is 0.639. The zero-order chi connectivity index (χ0) is 19.7. The number of nitrogens with one attached hydrogen (secondary N) is 1. The Hall–Kier alpha value is -2.36. The number of hydrogen-bond acceptors (Lipinski definition) is 6. The van der Waals surface area contributed by atoms with E-state index in [-0.39, 0.29) is 36.6 Å². The SMILES string of the molecule is Cc1cc2c(cc1S(=O)(=O)N(Cc1ccco1)CC1CCCO1)OCC(=O)N2. The minimum Gasteiger partial charge on any atom is -0.482 e. The molecule has 0 bridgehead atoms. The Morgan fingerprint density at radius 1 is 1.32 bits per heavy atom. The summed E-state index contributed by atoms with van der Waals surface area (Å²) < 4.78 is 44.8. The Morgan fingerprint density at radius 2 is 2.18 bits per heavy atom. The first-order valence-electron chi connectivity index (χ1n) is 9.15. The minimum atomic E-state index is -3.84. The Balaban J connectivity index is 1.68. The highest BCUT2D eigenvalue weighted by Crippen LogP contribution is 2.34. The van der Waals surface area contributed by atoms with E-state index in [1.54, 1.807) is 25.1 Å². The van der Waals surface area contributed by atoms with Gasteiger partial charge in [-0.1, -0.05) is 0 Å². The fraction of sp³-hybridized carbons (Fsp3) is 0.421. The van der Waals surface area contributed by atoms with Crippen LogP contribution in [-0.4, -0.2) is 44.5 Å². The number of carbonyl (C=O) groups excluding carboxylic acids is 1. The first-order chi connectivity index (χ1) is 13.4. The summed E-state index contributed by atoms with van der Waals surface area (Å²) in [6.07, 6.45) is 3.12.